The van der Waals surface area contributed by atoms with Crippen molar-refractivity contribution in [1.82, 2.24) is 0 Å². The van der Waals surface area contributed by atoms with Gasteiger partial charge in [-0.05, 0) is 24.2 Å². The molecule has 0 aliphatic heterocycles. The summed E-state index contributed by atoms with van der Waals surface area (Å²) >= 11 is 5.96. The third kappa shape index (κ3) is 7.85. The van der Waals surface area contributed by atoms with Crippen LogP contribution < -0.4 is 16.2 Å². The van der Waals surface area contributed by atoms with Gasteiger partial charge in [-0.2, -0.15) is 8.78 Å². The van der Waals surface area contributed by atoms with Gasteiger partial charge < -0.3 is 20.9 Å². The number of rotatable bonds is 9. The molecule has 0 bridgehead atoms. The van der Waals surface area contributed by atoms with Crippen LogP contribution in [-0.4, -0.2) is 33.7 Å². The molecule has 0 saturated heterocycles. The zero-order valence-electron chi connectivity index (χ0n) is 14.6. The number of alkyl halides is 2. The number of benzene rings is 1. The third-order valence-electron chi connectivity index (χ3n) is 3.18. The molecule has 140 valence electrons. The Morgan fingerprint density at radius 1 is 1.36 bits per heavy atom. The van der Waals surface area contributed by atoms with Gasteiger partial charge in [-0.15, -0.1) is 0 Å². The van der Waals surface area contributed by atoms with E-state index >= 15 is 0 Å². The molecular weight excluding hydrogens is 368 g/mol. The van der Waals surface area contributed by atoms with E-state index in [1.165, 1.54) is 18.2 Å². The first-order chi connectivity index (χ1) is 11.6. The second-order valence-electron chi connectivity index (χ2n) is 6.50. The summed E-state index contributed by atoms with van der Waals surface area (Å²) in [6, 6.07) is 5.19. The second-order valence-corrected chi connectivity index (χ2v) is 12.6. The minimum atomic E-state index is -2.99. The van der Waals surface area contributed by atoms with E-state index in [9.17, 15) is 8.78 Å². The Kier molecular flexibility index (Phi) is 8.34. The molecule has 0 unspecified atom stereocenters. The van der Waals surface area contributed by atoms with Crippen LogP contribution in [0.3, 0.4) is 0 Å². The van der Waals surface area contributed by atoms with Gasteiger partial charge in [0.25, 0.3) is 0 Å². The standard InChI is InChI=1S/C16H24ClF2N3O2Si/c1-25(2,3)7-6-23-10-22-15(13(21)9-20)12-8-11(17)4-5-14(12)24-16(18)19/h4-5,8-9,16H,6-7,10,20-21H2,1-3H3. The number of halogens is 3. The van der Waals surface area contributed by atoms with Crippen LogP contribution in [0.15, 0.2) is 35.1 Å². The first kappa shape index (κ1) is 21.4. The Morgan fingerprint density at radius 2 is 2.04 bits per heavy atom. The fourth-order valence-corrected chi connectivity index (χ4v) is 2.78. The van der Waals surface area contributed by atoms with Crippen molar-refractivity contribution in [3.8, 4) is 5.75 Å². The number of hydrogen-bond donors (Lipinski definition) is 2. The maximum absolute atomic E-state index is 12.6. The van der Waals surface area contributed by atoms with Gasteiger partial charge in [0.15, 0.2) is 0 Å². The lowest BCUT2D eigenvalue weighted by Crippen LogP contribution is -2.22. The van der Waals surface area contributed by atoms with Crippen LogP contribution in [0.2, 0.25) is 30.7 Å². The molecule has 1 aromatic carbocycles. The van der Waals surface area contributed by atoms with E-state index in [2.05, 4.69) is 29.4 Å². The summed E-state index contributed by atoms with van der Waals surface area (Å²) in [4.78, 5) is 4.25. The molecule has 25 heavy (non-hydrogen) atoms. The van der Waals surface area contributed by atoms with E-state index in [1.807, 2.05) is 0 Å². The maximum atomic E-state index is 12.6. The van der Waals surface area contributed by atoms with Gasteiger partial charge in [0.05, 0.1) is 11.4 Å². The monoisotopic (exact) mass is 391 g/mol. The molecule has 4 N–H and O–H groups in total. The van der Waals surface area contributed by atoms with E-state index in [0.29, 0.717) is 11.6 Å². The summed E-state index contributed by atoms with van der Waals surface area (Å²) in [5.74, 6) is -0.0925. The summed E-state index contributed by atoms with van der Waals surface area (Å²) in [6.07, 6.45) is 1.13. The van der Waals surface area contributed by atoms with Crippen molar-refractivity contribution >= 4 is 25.4 Å². The third-order valence-corrected chi connectivity index (χ3v) is 5.12. The van der Waals surface area contributed by atoms with Crippen LogP contribution >= 0.6 is 11.6 Å². The number of nitrogens with two attached hydrogens (primary N) is 2. The number of ether oxygens (including phenoxy) is 2. The lowest BCUT2D eigenvalue weighted by atomic mass is 10.1. The van der Waals surface area contributed by atoms with Crippen molar-refractivity contribution in [2.45, 2.75) is 32.3 Å². The number of hydrogen-bond acceptors (Lipinski definition) is 5. The topological polar surface area (TPSA) is 82.9 Å². The largest absolute Gasteiger partial charge is 0.434 e. The van der Waals surface area contributed by atoms with Gasteiger partial charge in [-0.25, -0.2) is 0 Å². The number of allylic oxidation sites excluding steroid dienone is 1. The van der Waals surface area contributed by atoms with Crippen LogP contribution in [0.25, 0.3) is 0 Å². The van der Waals surface area contributed by atoms with Gasteiger partial charge in [-0.3, -0.25) is 4.99 Å². The van der Waals surface area contributed by atoms with Crippen molar-refractivity contribution < 1.29 is 18.3 Å². The lowest BCUT2D eigenvalue weighted by molar-refractivity contribution is -0.0499. The van der Waals surface area contributed by atoms with E-state index in [1.54, 1.807) is 0 Å². The highest BCUT2D eigenvalue weighted by Crippen LogP contribution is 2.26. The molecule has 0 aliphatic carbocycles. The molecule has 1 aromatic rings. The zero-order valence-corrected chi connectivity index (χ0v) is 16.3. The number of nitrogens with zero attached hydrogens (tertiary/aromatic N) is 1. The Bertz CT molecular complexity index is 634. The predicted octanol–water partition coefficient (Wildman–Crippen LogP) is 3.80. The van der Waals surface area contributed by atoms with Gasteiger partial charge in [0.2, 0.25) is 0 Å². The van der Waals surface area contributed by atoms with Crippen molar-refractivity contribution in [3.05, 3.63) is 40.7 Å². The van der Waals surface area contributed by atoms with Gasteiger partial charge in [-0.1, -0.05) is 31.2 Å². The summed E-state index contributed by atoms with van der Waals surface area (Å²) in [6.45, 7) is 4.31. The van der Waals surface area contributed by atoms with Crippen LogP contribution in [0.4, 0.5) is 8.78 Å². The molecule has 9 heteroatoms. The average molecular weight is 392 g/mol. The van der Waals surface area contributed by atoms with Crippen LogP contribution in [0.5, 0.6) is 5.75 Å². The van der Waals surface area contributed by atoms with Gasteiger partial charge >= 0.3 is 6.61 Å². The molecule has 5 nitrogen and oxygen atoms in total. The van der Waals surface area contributed by atoms with Gasteiger partial charge in [0.1, 0.15) is 12.5 Å². The fraction of sp³-hybridized carbons (Fsp3) is 0.438. The van der Waals surface area contributed by atoms with E-state index in [-0.39, 0.29) is 29.5 Å². The van der Waals surface area contributed by atoms with Crippen molar-refractivity contribution in [2.75, 3.05) is 13.3 Å². The molecule has 0 heterocycles. The highest BCUT2D eigenvalue weighted by atomic mass is 35.5. The molecule has 0 spiro atoms. The normalized spacial score (nSPS) is 13.4. The number of aliphatic imine (C=N–C) groups is 1. The molecule has 0 aromatic heterocycles. The maximum Gasteiger partial charge on any atom is 0.387 e. The predicted molar refractivity (Wildman–Crippen MR) is 100 cm³/mol. The summed E-state index contributed by atoms with van der Waals surface area (Å²) in [5, 5.41) is 0.328. The average Bonchev–Trinajstić information content (AvgIpc) is 2.50. The molecule has 0 radical (unpaired) electrons. The van der Waals surface area contributed by atoms with Crippen molar-refractivity contribution in [2.24, 2.45) is 16.5 Å². The minimum absolute atomic E-state index is 0.0228. The van der Waals surface area contributed by atoms with Crippen LogP contribution in [0.1, 0.15) is 5.56 Å². The van der Waals surface area contributed by atoms with E-state index < -0.39 is 14.7 Å². The van der Waals surface area contributed by atoms with Crippen molar-refractivity contribution in [3.63, 3.8) is 0 Å². The summed E-state index contributed by atoms with van der Waals surface area (Å²) < 4.78 is 35.3. The van der Waals surface area contributed by atoms with Gasteiger partial charge in [0, 0.05) is 31.5 Å². The summed E-state index contributed by atoms with van der Waals surface area (Å²) in [7, 11) is -1.21. The van der Waals surface area contributed by atoms with E-state index in [0.717, 1.165) is 12.2 Å². The molecular formula is C16H24ClF2N3O2Si. The smallest absolute Gasteiger partial charge is 0.387 e. The molecule has 0 amide bonds. The highest BCUT2D eigenvalue weighted by molar-refractivity contribution is 6.76. The molecule has 0 atom stereocenters. The second kappa shape index (κ2) is 9.74. The zero-order chi connectivity index (χ0) is 19.0. The Morgan fingerprint density at radius 3 is 2.60 bits per heavy atom. The quantitative estimate of drug-likeness (QED) is 0.381. The van der Waals surface area contributed by atoms with Crippen LogP contribution in [0, 0.1) is 0 Å². The molecule has 0 saturated carbocycles. The molecule has 0 fully saturated rings. The minimum Gasteiger partial charge on any atom is -0.434 e. The highest BCUT2D eigenvalue weighted by Gasteiger charge is 2.17. The lowest BCUT2D eigenvalue weighted by Gasteiger charge is -2.16. The Balaban J connectivity index is 3.03. The first-order valence-corrected chi connectivity index (χ1v) is 11.8. The van der Waals surface area contributed by atoms with Crippen molar-refractivity contribution in [1.29, 1.82) is 0 Å². The Hall–Kier alpha value is -1.64. The molecule has 1 rings (SSSR count). The fourth-order valence-electron chi connectivity index (χ4n) is 1.85. The summed E-state index contributed by atoms with van der Waals surface area (Å²) in [5.41, 5.74) is 11.8. The van der Waals surface area contributed by atoms with Crippen LogP contribution in [-0.2, 0) is 4.74 Å². The molecule has 0 aliphatic rings. The Labute approximate surface area is 152 Å². The SMILES string of the molecule is C[Si](C)(C)CCOCN=C(C(N)=CN)c1cc(Cl)ccc1OC(F)F. The van der Waals surface area contributed by atoms with E-state index in [4.69, 9.17) is 27.8 Å². The first-order valence-electron chi connectivity index (χ1n) is 7.68.